The Morgan fingerprint density at radius 1 is 1.12 bits per heavy atom. The molecule has 0 unspecified atom stereocenters. The number of nitrogens with zero attached hydrogens (tertiary/aromatic N) is 1. The van der Waals surface area contributed by atoms with Gasteiger partial charge in [0.15, 0.2) is 0 Å². The highest BCUT2D eigenvalue weighted by atomic mass is 16.5. The van der Waals surface area contributed by atoms with Crippen LogP contribution in [0.15, 0.2) is 42.6 Å². The van der Waals surface area contributed by atoms with Crippen molar-refractivity contribution in [3.8, 4) is 17.7 Å². The molecule has 1 aromatic heterocycles. The standard InChI is InChI=1S/C21H24N2O2/c1-15(2)25-20-14-18(12-13-22-20)7-6-17-8-10-19(11-9-17)21(4,5)23-16(3)24/h8-15H,1-5H3,(H,23,24). The molecule has 2 rings (SSSR count). The van der Waals surface area contributed by atoms with E-state index in [4.69, 9.17) is 4.74 Å². The number of rotatable bonds is 4. The van der Waals surface area contributed by atoms with Crippen LogP contribution < -0.4 is 10.1 Å². The highest BCUT2D eigenvalue weighted by molar-refractivity contribution is 5.74. The van der Waals surface area contributed by atoms with Crippen LogP contribution in [0.4, 0.5) is 0 Å². The third-order valence-electron chi connectivity index (χ3n) is 3.54. The van der Waals surface area contributed by atoms with Gasteiger partial charge in [-0.25, -0.2) is 4.98 Å². The second kappa shape index (κ2) is 7.85. The molecule has 0 radical (unpaired) electrons. The summed E-state index contributed by atoms with van der Waals surface area (Å²) >= 11 is 0. The average molecular weight is 336 g/mol. The molecule has 0 aliphatic rings. The third kappa shape index (κ3) is 5.65. The van der Waals surface area contributed by atoms with Crippen molar-refractivity contribution in [2.75, 3.05) is 0 Å². The minimum Gasteiger partial charge on any atom is -0.475 e. The van der Waals surface area contributed by atoms with Crippen LogP contribution in [0.2, 0.25) is 0 Å². The van der Waals surface area contributed by atoms with Gasteiger partial charge in [-0.2, -0.15) is 0 Å². The summed E-state index contributed by atoms with van der Waals surface area (Å²) < 4.78 is 5.58. The molecule has 0 bridgehead atoms. The Kier molecular flexibility index (Phi) is 5.82. The molecular weight excluding hydrogens is 312 g/mol. The zero-order valence-corrected chi connectivity index (χ0v) is 15.4. The number of amides is 1. The minimum atomic E-state index is -0.411. The Balaban J connectivity index is 2.15. The van der Waals surface area contributed by atoms with Gasteiger partial charge in [0, 0.05) is 30.3 Å². The third-order valence-corrected chi connectivity index (χ3v) is 3.54. The Morgan fingerprint density at radius 2 is 1.76 bits per heavy atom. The van der Waals surface area contributed by atoms with E-state index in [1.807, 2.05) is 64.1 Å². The molecule has 1 aromatic carbocycles. The number of pyridine rings is 1. The molecule has 4 heteroatoms. The first-order chi connectivity index (χ1) is 11.8. The smallest absolute Gasteiger partial charge is 0.217 e. The van der Waals surface area contributed by atoms with Gasteiger partial charge in [-0.3, -0.25) is 4.79 Å². The van der Waals surface area contributed by atoms with Crippen molar-refractivity contribution in [2.24, 2.45) is 0 Å². The first-order valence-corrected chi connectivity index (χ1v) is 8.30. The molecule has 0 fully saturated rings. The van der Waals surface area contributed by atoms with Crippen molar-refractivity contribution in [3.63, 3.8) is 0 Å². The van der Waals surface area contributed by atoms with Gasteiger partial charge in [-0.1, -0.05) is 24.0 Å². The zero-order chi connectivity index (χ0) is 18.4. The van der Waals surface area contributed by atoms with Gasteiger partial charge < -0.3 is 10.1 Å². The molecule has 1 heterocycles. The Morgan fingerprint density at radius 3 is 2.36 bits per heavy atom. The van der Waals surface area contributed by atoms with Gasteiger partial charge in [-0.15, -0.1) is 0 Å². The highest BCUT2D eigenvalue weighted by Crippen LogP contribution is 2.20. The lowest BCUT2D eigenvalue weighted by Crippen LogP contribution is -2.39. The Hall–Kier alpha value is -2.80. The number of hydrogen-bond donors (Lipinski definition) is 1. The van der Waals surface area contributed by atoms with E-state index in [1.54, 1.807) is 6.20 Å². The van der Waals surface area contributed by atoms with Crippen molar-refractivity contribution < 1.29 is 9.53 Å². The second-order valence-electron chi connectivity index (χ2n) is 6.68. The summed E-state index contributed by atoms with van der Waals surface area (Å²) in [7, 11) is 0. The normalized spacial score (nSPS) is 10.8. The number of nitrogens with one attached hydrogen (secondary N) is 1. The molecule has 1 N–H and O–H groups in total. The molecule has 0 saturated heterocycles. The maximum absolute atomic E-state index is 11.3. The van der Waals surface area contributed by atoms with Crippen LogP contribution >= 0.6 is 0 Å². The molecule has 0 aliphatic heterocycles. The summed E-state index contributed by atoms with van der Waals surface area (Å²) in [6, 6.07) is 11.6. The molecule has 0 aliphatic carbocycles. The first kappa shape index (κ1) is 18.5. The van der Waals surface area contributed by atoms with E-state index < -0.39 is 5.54 Å². The van der Waals surface area contributed by atoms with E-state index in [2.05, 4.69) is 22.1 Å². The SMILES string of the molecule is CC(=O)NC(C)(C)c1ccc(C#Cc2ccnc(OC(C)C)c2)cc1. The molecular formula is C21H24N2O2. The lowest BCUT2D eigenvalue weighted by molar-refractivity contribution is -0.120. The van der Waals surface area contributed by atoms with Crippen LogP contribution in [-0.4, -0.2) is 17.0 Å². The van der Waals surface area contributed by atoms with E-state index in [1.165, 1.54) is 6.92 Å². The fourth-order valence-corrected chi connectivity index (χ4v) is 2.42. The fraction of sp³-hybridized carbons (Fsp3) is 0.333. The average Bonchev–Trinajstić information content (AvgIpc) is 2.52. The minimum absolute atomic E-state index is 0.0500. The number of ether oxygens (including phenoxy) is 1. The molecule has 130 valence electrons. The summed E-state index contributed by atoms with van der Waals surface area (Å²) in [4.78, 5) is 15.5. The largest absolute Gasteiger partial charge is 0.475 e. The summed E-state index contributed by atoms with van der Waals surface area (Å²) in [5.74, 6) is 6.79. The van der Waals surface area contributed by atoms with Gasteiger partial charge in [0.1, 0.15) is 0 Å². The monoisotopic (exact) mass is 336 g/mol. The van der Waals surface area contributed by atoms with E-state index in [-0.39, 0.29) is 12.0 Å². The van der Waals surface area contributed by atoms with E-state index >= 15 is 0 Å². The summed E-state index contributed by atoms with van der Waals surface area (Å²) in [5, 5.41) is 2.94. The Bertz CT molecular complexity index is 797. The van der Waals surface area contributed by atoms with Gasteiger partial charge in [0.2, 0.25) is 11.8 Å². The predicted octanol–water partition coefficient (Wildman–Crippen LogP) is 3.64. The molecule has 1 amide bonds. The van der Waals surface area contributed by atoms with Crippen molar-refractivity contribution in [2.45, 2.75) is 46.3 Å². The lowest BCUT2D eigenvalue weighted by Gasteiger charge is -2.26. The van der Waals surface area contributed by atoms with Crippen LogP contribution in [0.5, 0.6) is 5.88 Å². The topological polar surface area (TPSA) is 51.2 Å². The van der Waals surface area contributed by atoms with Crippen molar-refractivity contribution in [3.05, 3.63) is 59.3 Å². The second-order valence-corrected chi connectivity index (χ2v) is 6.68. The van der Waals surface area contributed by atoms with Crippen molar-refractivity contribution in [1.29, 1.82) is 0 Å². The summed E-state index contributed by atoms with van der Waals surface area (Å²) in [5.41, 5.74) is 2.38. The van der Waals surface area contributed by atoms with Gasteiger partial charge in [0.05, 0.1) is 11.6 Å². The highest BCUT2D eigenvalue weighted by Gasteiger charge is 2.20. The van der Waals surface area contributed by atoms with Crippen LogP contribution in [-0.2, 0) is 10.3 Å². The summed E-state index contributed by atoms with van der Waals surface area (Å²) in [6.45, 7) is 9.40. The van der Waals surface area contributed by atoms with Crippen molar-refractivity contribution >= 4 is 5.91 Å². The summed E-state index contributed by atoms with van der Waals surface area (Å²) in [6.07, 6.45) is 1.77. The lowest BCUT2D eigenvalue weighted by atomic mass is 9.93. The van der Waals surface area contributed by atoms with E-state index in [9.17, 15) is 4.79 Å². The number of carbonyl (C=O) groups is 1. The molecule has 2 aromatic rings. The maximum Gasteiger partial charge on any atom is 0.217 e. The van der Waals surface area contributed by atoms with Crippen LogP contribution in [0.3, 0.4) is 0 Å². The van der Waals surface area contributed by atoms with Crippen LogP contribution in [0.25, 0.3) is 0 Å². The molecule has 0 spiro atoms. The van der Waals surface area contributed by atoms with Gasteiger partial charge >= 0.3 is 0 Å². The number of aromatic nitrogens is 1. The van der Waals surface area contributed by atoms with Gasteiger partial charge in [-0.05, 0) is 51.5 Å². The van der Waals surface area contributed by atoms with Crippen LogP contribution in [0.1, 0.15) is 51.3 Å². The maximum atomic E-state index is 11.3. The predicted molar refractivity (Wildman–Crippen MR) is 99.3 cm³/mol. The van der Waals surface area contributed by atoms with E-state index in [0.717, 1.165) is 16.7 Å². The molecule has 25 heavy (non-hydrogen) atoms. The van der Waals surface area contributed by atoms with Crippen LogP contribution in [0, 0.1) is 11.8 Å². The number of hydrogen-bond acceptors (Lipinski definition) is 3. The van der Waals surface area contributed by atoms with Crippen molar-refractivity contribution in [1.82, 2.24) is 10.3 Å². The number of benzene rings is 1. The first-order valence-electron chi connectivity index (χ1n) is 8.30. The molecule has 0 atom stereocenters. The van der Waals surface area contributed by atoms with Gasteiger partial charge in [0.25, 0.3) is 0 Å². The quantitative estimate of drug-likeness (QED) is 0.867. The zero-order valence-electron chi connectivity index (χ0n) is 15.4. The molecule has 0 saturated carbocycles. The van der Waals surface area contributed by atoms with E-state index in [0.29, 0.717) is 5.88 Å². The number of carbonyl (C=O) groups excluding carboxylic acids is 1. The Labute approximate surface area is 149 Å². The molecule has 4 nitrogen and oxygen atoms in total. The fourth-order valence-electron chi connectivity index (χ4n) is 2.42.